The standard InChI is InChI=1S/C19H25N5O/c1-22-12-7-11-17(22)14-23(2)19(25)18-15-24(21-20-18)13-6-10-16-8-4-3-5-9-16/h3-6,8-10,15,17H,7,11-14H2,1-2H3. The molecule has 2 heterocycles. The quantitative estimate of drug-likeness (QED) is 0.809. The number of carbonyl (C=O) groups is 1. The molecule has 1 fully saturated rings. The topological polar surface area (TPSA) is 54.3 Å². The van der Waals surface area contributed by atoms with Gasteiger partial charge in [0, 0.05) is 19.6 Å². The van der Waals surface area contributed by atoms with Gasteiger partial charge in [-0.05, 0) is 32.0 Å². The Morgan fingerprint density at radius 3 is 2.88 bits per heavy atom. The Morgan fingerprint density at radius 1 is 1.36 bits per heavy atom. The van der Waals surface area contributed by atoms with Gasteiger partial charge < -0.3 is 9.80 Å². The summed E-state index contributed by atoms with van der Waals surface area (Å²) in [6.45, 7) is 2.43. The highest BCUT2D eigenvalue weighted by Crippen LogP contribution is 2.16. The van der Waals surface area contributed by atoms with Crippen LogP contribution in [0, 0.1) is 0 Å². The number of aromatic nitrogens is 3. The summed E-state index contributed by atoms with van der Waals surface area (Å²) in [5.74, 6) is -0.0708. The van der Waals surface area contributed by atoms with Crippen LogP contribution < -0.4 is 0 Å². The second-order valence-corrected chi connectivity index (χ2v) is 6.60. The van der Waals surface area contributed by atoms with Crippen molar-refractivity contribution in [2.75, 3.05) is 27.2 Å². The number of amides is 1. The van der Waals surface area contributed by atoms with E-state index in [1.165, 1.54) is 6.42 Å². The molecule has 0 bridgehead atoms. The largest absolute Gasteiger partial charge is 0.339 e. The third-order valence-electron chi connectivity index (χ3n) is 4.66. The number of likely N-dealkylation sites (N-methyl/N-ethyl adjacent to an activating group) is 2. The molecule has 0 radical (unpaired) electrons. The van der Waals surface area contributed by atoms with Crippen molar-refractivity contribution in [3.8, 4) is 0 Å². The van der Waals surface area contributed by atoms with Gasteiger partial charge in [-0.25, -0.2) is 4.68 Å². The van der Waals surface area contributed by atoms with Crippen molar-refractivity contribution in [2.45, 2.75) is 25.4 Å². The van der Waals surface area contributed by atoms with Crippen LogP contribution >= 0.6 is 0 Å². The maximum Gasteiger partial charge on any atom is 0.275 e. The second-order valence-electron chi connectivity index (χ2n) is 6.60. The summed E-state index contributed by atoms with van der Waals surface area (Å²) in [5.41, 5.74) is 1.54. The molecule has 1 unspecified atom stereocenters. The van der Waals surface area contributed by atoms with Crippen LogP contribution in [0.2, 0.25) is 0 Å². The van der Waals surface area contributed by atoms with Gasteiger partial charge in [0.15, 0.2) is 5.69 Å². The van der Waals surface area contributed by atoms with Crippen LogP contribution in [0.25, 0.3) is 6.08 Å². The molecule has 6 heteroatoms. The molecule has 25 heavy (non-hydrogen) atoms. The third kappa shape index (κ3) is 4.54. The zero-order valence-corrected chi connectivity index (χ0v) is 14.9. The maximum atomic E-state index is 12.5. The minimum absolute atomic E-state index is 0.0708. The van der Waals surface area contributed by atoms with Gasteiger partial charge in [-0.3, -0.25) is 4.79 Å². The van der Waals surface area contributed by atoms with E-state index in [1.54, 1.807) is 15.8 Å². The molecule has 3 rings (SSSR count). The van der Waals surface area contributed by atoms with E-state index in [9.17, 15) is 4.79 Å². The highest BCUT2D eigenvalue weighted by atomic mass is 16.2. The van der Waals surface area contributed by atoms with Gasteiger partial charge in [-0.15, -0.1) is 5.10 Å². The summed E-state index contributed by atoms with van der Waals surface area (Å²) in [5, 5.41) is 8.09. The number of hydrogen-bond donors (Lipinski definition) is 0. The predicted octanol–water partition coefficient (Wildman–Crippen LogP) is 2.16. The molecule has 1 aliphatic heterocycles. The Morgan fingerprint density at radius 2 is 2.16 bits per heavy atom. The van der Waals surface area contributed by atoms with Crippen molar-refractivity contribution in [2.24, 2.45) is 0 Å². The van der Waals surface area contributed by atoms with Crippen molar-refractivity contribution in [1.82, 2.24) is 24.8 Å². The zero-order valence-electron chi connectivity index (χ0n) is 14.9. The van der Waals surface area contributed by atoms with Crippen LogP contribution in [0.3, 0.4) is 0 Å². The summed E-state index contributed by atoms with van der Waals surface area (Å²) < 4.78 is 1.68. The van der Waals surface area contributed by atoms with Crippen molar-refractivity contribution in [1.29, 1.82) is 0 Å². The lowest BCUT2D eigenvalue weighted by atomic mass is 10.2. The van der Waals surface area contributed by atoms with E-state index in [0.29, 0.717) is 18.3 Å². The molecule has 0 N–H and O–H groups in total. The van der Waals surface area contributed by atoms with Crippen LogP contribution in [0.5, 0.6) is 0 Å². The summed E-state index contributed by atoms with van der Waals surface area (Å²) >= 11 is 0. The summed E-state index contributed by atoms with van der Waals surface area (Å²) in [6.07, 6.45) is 8.10. The summed E-state index contributed by atoms with van der Waals surface area (Å²) in [7, 11) is 3.95. The fourth-order valence-electron chi connectivity index (χ4n) is 3.15. The average molecular weight is 339 g/mol. The van der Waals surface area contributed by atoms with E-state index < -0.39 is 0 Å². The Kier molecular flexibility index (Phi) is 5.60. The minimum Gasteiger partial charge on any atom is -0.339 e. The maximum absolute atomic E-state index is 12.5. The number of hydrogen-bond acceptors (Lipinski definition) is 4. The van der Waals surface area contributed by atoms with Gasteiger partial charge >= 0.3 is 0 Å². The molecule has 1 aromatic carbocycles. The van der Waals surface area contributed by atoms with Gasteiger partial charge in [0.1, 0.15) is 0 Å². The van der Waals surface area contributed by atoms with Gasteiger partial charge in [0.2, 0.25) is 0 Å². The highest BCUT2D eigenvalue weighted by Gasteiger charge is 2.25. The summed E-state index contributed by atoms with van der Waals surface area (Å²) in [4.78, 5) is 16.6. The zero-order chi connectivity index (χ0) is 17.6. The van der Waals surface area contributed by atoms with E-state index in [4.69, 9.17) is 0 Å². The van der Waals surface area contributed by atoms with E-state index in [-0.39, 0.29) is 5.91 Å². The van der Waals surface area contributed by atoms with Crippen molar-refractivity contribution < 1.29 is 4.79 Å². The predicted molar refractivity (Wildman–Crippen MR) is 98.1 cm³/mol. The molecule has 1 aliphatic rings. The Hall–Kier alpha value is -2.47. The first kappa shape index (κ1) is 17.4. The normalized spacial score (nSPS) is 18.1. The lowest BCUT2D eigenvalue weighted by Crippen LogP contribution is -2.39. The Balaban J connectivity index is 1.55. The fraction of sp³-hybridized carbons (Fsp3) is 0.421. The summed E-state index contributed by atoms with van der Waals surface area (Å²) in [6, 6.07) is 10.5. The molecule has 0 aliphatic carbocycles. The number of rotatable bonds is 6. The lowest BCUT2D eigenvalue weighted by molar-refractivity contribution is 0.0755. The molecular weight excluding hydrogens is 314 g/mol. The fourth-order valence-corrected chi connectivity index (χ4v) is 3.15. The van der Waals surface area contributed by atoms with Crippen molar-refractivity contribution >= 4 is 12.0 Å². The molecule has 1 saturated heterocycles. The number of allylic oxidation sites excluding steroid dienone is 1. The second kappa shape index (κ2) is 8.07. The van der Waals surface area contributed by atoms with Crippen LogP contribution in [-0.4, -0.2) is 63.9 Å². The molecule has 1 amide bonds. The lowest BCUT2D eigenvalue weighted by Gasteiger charge is -2.25. The number of nitrogens with zero attached hydrogens (tertiary/aromatic N) is 5. The number of benzene rings is 1. The smallest absolute Gasteiger partial charge is 0.275 e. The Labute approximate surface area is 148 Å². The molecule has 1 aromatic heterocycles. The van der Waals surface area contributed by atoms with Crippen LogP contribution in [0.15, 0.2) is 42.6 Å². The average Bonchev–Trinajstić information content (AvgIpc) is 3.25. The van der Waals surface area contributed by atoms with Crippen molar-refractivity contribution in [3.05, 3.63) is 53.9 Å². The van der Waals surface area contributed by atoms with Crippen LogP contribution in [0.1, 0.15) is 28.9 Å². The van der Waals surface area contributed by atoms with Gasteiger partial charge in [0.25, 0.3) is 5.91 Å². The first-order chi connectivity index (χ1) is 12.1. The van der Waals surface area contributed by atoms with E-state index in [1.807, 2.05) is 49.5 Å². The first-order valence-electron chi connectivity index (χ1n) is 8.71. The highest BCUT2D eigenvalue weighted by molar-refractivity contribution is 5.91. The molecule has 6 nitrogen and oxygen atoms in total. The van der Waals surface area contributed by atoms with Crippen LogP contribution in [-0.2, 0) is 6.54 Å². The van der Waals surface area contributed by atoms with Crippen LogP contribution in [0.4, 0.5) is 0 Å². The monoisotopic (exact) mass is 339 g/mol. The first-order valence-corrected chi connectivity index (χ1v) is 8.71. The molecule has 0 saturated carbocycles. The number of likely N-dealkylation sites (tertiary alicyclic amines) is 1. The van der Waals surface area contributed by atoms with E-state index in [0.717, 1.165) is 25.1 Å². The van der Waals surface area contributed by atoms with E-state index in [2.05, 4.69) is 22.3 Å². The Bertz CT molecular complexity index is 724. The SMILES string of the molecule is CN(CC1CCCN1C)C(=O)c1cn(CC=Cc2ccccc2)nn1. The van der Waals surface area contributed by atoms with E-state index >= 15 is 0 Å². The minimum atomic E-state index is -0.0708. The van der Waals surface area contributed by atoms with Gasteiger partial charge in [0.05, 0.1) is 12.7 Å². The number of carbonyl (C=O) groups excluding carboxylic acids is 1. The molecular formula is C19H25N5O. The third-order valence-corrected chi connectivity index (χ3v) is 4.66. The molecule has 1 atom stereocenters. The molecule has 2 aromatic rings. The molecule has 0 spiro atoms. The van der Waals surface area contributed by atoms with Crippen molar-refractivity contribution in [3.63, 3.8) is 0 Å². The molecule has 132 valence electrons. The van der Waals surface area contributed by atoms with Gasteiger partial charge in [-0.1, -0.05) is 47.7 Å². The van der Waals surface area contributed by atoms with Gasteiger partial charge in [-0.2, -0.15) is 0 Å².